The van der Waals surface area contributed by atoms with Crippen LogP contribution in [0.4, 0.5) is 0 Å². The van der Waals surface area contributed by atoms with E-state index in [0.717, 1.165) is 10.2 Å². The summed E-state index contributed by atoms with van der Waals surface area (Å²) in [5, 5.41) is 10.8. The third-order valence-electron chi connectivity index (χ3n) is 3.68. The van der Waals surface area contributed by atoms with Gasteiger partial charge in [-0.25, -0.2) is 4.79 Å². The van der Waals surface area contributed by atoms with Crippen LogP contribution < -0.4 is 10.9 Å². The van der Waals surface area contributed by atoms with Gasteiger partial charge in [0.15, 0.2) is 6.73 Å². The molecular formula is C18H16N4O4. The molecule has 0 unspecified atom stereocenters. The van der Waals surface area contributed by atoms with E-state index in [-0.39, 0.29) is 18.2 Å². The van der Waals surface area contributed by atoms with Crippen molar-refractivity contribution in [3.8, 4) is 0 Å². The van der Waals surface area contributed by atoms with Gasteiger partial charge in [0, 0.05) is 13.5 Å². The van der Waals surface area contributed by atoms with E-state index < -0.39 is 5.97 Å². The van der Waals surface area contributed by atoms with Crippen LogP contribution in [0.5, 0.6) is 0 Å². The van der Waals surface area contributed by atoms with Crippen molar-refractivity contribution in [3.05, 3.63) is 70.0 Å². The molecule has 26 heavy (non-hydrogen) atoms. The number of rotatable bonds is 5. The predicted octanol–water partition coefficient (Wildman–Crippen LogP) is 1.24. The Kier molecular flexibility index (Phi) is 5.02. The van der Waals surface area contributed by atoms with Gasteiger partial charge in [-0.15, -0.1) is 5.10 Å². The molecule has 0 saturated heterocycles. The highest BCUT2D eigenvalue weighted by Gasteiger charge is 2.10. The maximum absolute atomic E-state index is 12.3. The first-order chi connectivity index (χ1) is 12.5. The standard InChI is InChI=1S/C18H16N4O4/c1-12(23)19-10-13-6-8-14(9-7-13)18(25)26-11-22-17(24)15-4-2-3-5-16(15)20-21-22/h2-9H,10-11H2,1H3,(H,19,23). The molecular weight excluding hydrogens is 336 g/mol. The fourth-order valence-corrected chi connectivity index (χ4v) is 2.30. The minimum Gasteiger partial charge on any atom is -0.439 e. The molecule has 0 aliphatic rings. The lowest BCUT2D eigenvalue weighted by Gasteiger charge is -2.07. The Balaban J connectivity index is 1.66. The minimum absolute atomic E-state index is 0.129. The smallest absolute Gasteiger partial charge is 0.339 e. The van der Waals surface area contributed by atoms with Crippen molar-refractivity contribution < 1.29 is 14.3 Å². The number of nitrogens with zero attached hydrogens (tertiary/aromatic N) is 3. The fourth-order valence-electron chi connectivity index (χ4n) is 2.30. The lowest BCUT2D eigenvalue weighted by atomic mass is 10.1. The van der Waals surface area contributed by atoms with Crippen LogP contribution in [0.3, 0.4) is 0 Å². The molecule has 1 heterocycles. The number of nitrogens with one attached hydrogen (secondary N) is 1. The van der Waals surface area contributed by atoms with Gasteiger partial charge >= 0.3 is 5.97 Å². The Morgan fingerprint density at radius 2 is 1.85 bits per heavy atom. The highest BCUT2D eigenvalue weighted by molar-refractivity contribution is 5.89. The molecule has 1 N–H and O–H groups in total. The van der Waals surface area contributed by atoms with Gasteiger partial charge in [0.05, 0.1) is 10.9 Å². The molecule has 8 nitrogen and oxygen atoms in total. The van der Waals surface area contributed by atoms with E-state index in [4.69, 9.17) is 4.74 Å². The van der Waals surface area contributed by atoms with Crippen LogP contribution in [0.15, 0.2) is 53.3 Å². The van der Waals surface area contributed by atoms with E-state index in [0.29, 0.717) is 23.0 Å². The van der Waals surface area contributed by atoms with Crippen LogP contribution in [-0.2, 0) is 22.8 Å². The quantitative estimate of drug-likeness (QED) is 0.693. The lowest BCUT2D eigenvalue weighted by Crippen LogP contribution is -2.26. The zero-order valence-electron chi connectivity index (χ0n) is 14.0. The summed E-state index contributed by atoms with van der Waals surface area (Å²) in [5.41, 5.74) is 1.29. The van der Waals surface area contributed by atoms with E-state index in [1.807, 2.05) is 0 Å². The molecule has 1 aromatic heterocycles. The Morgan fingerprint density at radius 1 is 1.12 bits per heavy atom. The first kappa shape index (κ1) is 17.3. The van der Waals surface area contributed by atoms with Crippen molar-refractivity contribution in [2.75, 3.05) is 0 Å². The van der Waals surface area contributed by atoms with Gasteiger partial charge in [-0.05, 0) is 29.8 Å². The van der Waals surface area contributed by atoms with E-state index >= 15 is 0 Å². The van der Waals surface area contributed by atoms with Gasteiger partial charge in [0.1, 0.15) is 5.52 Å². The predicted molar refractivity (Wildman–Crippen MR) is 93.2 cm³/mol. The lowest BCUT2D eigenvalue weighted by molar-refractivity contribution is -0.119. The van der Waals surface area contributed by atoms with Crippen LogP contribution >= 0.6 is 0 Å². The Bertz CT molecular complexity index is 1010. The molecule has 3 rings (SSSR count). The highest BCUT2D eigenvalue weighted by atomic mass is 16.5. The highest BCUT2D eigenvalue weighted by Crippen LogP contribution is 2.07. The van der Waals surface area contributed by atoms with Crippen molar-refractivity contribution >= 4 is 22.8 Å². The monoisotopic (exact) mass is 352 g/mol. The average molecular weight is 352 g/mol. The van der Waals surface area contributed by atoms with Crippen molar-refractivity contribution in [2.45, 2.75) is 20.2 Å². The number of carbonyl (C=O) groups is 2. The third kappa shape index (κ3) is 3.92. The molecule has 132 valence electrons. The maximum Gasteiger partial charge on any atom is 0.339 e. The number of esters is 1. The molecule has 0 aliphatic carbocycles. The van der Waals surface area contributed by atoms with Crippen molar-refractivity contribution in [2.24, 2.45) is 0 Å². The largest absolute Gasteiger partial charge is 0.439 e. The van der Waals surface area contributed by atoms with Gasteiger partial charge in [-0.2, -0.15) is 4.68 Å². The molecule has 8 heteroatoms. The van der Waals surface area contributed by atoms with Crippen LogP contribution in [-0.4, -0.2) is 26.9 Å². The third-order valence-corrected chi connectivity index (χ3v) is 3.68. The molecule has 0 fully saturated rings. The number of fused-ring (bicyclic) bond motifs is 1. The summed E-state index contributed by atoms with van der Waals surface area (Å²) < 4.78 is 6.13. The van der Waals surface area contributed by atoms with Crippen molar-refractivity contribution in [1.82, 2.24) is 20.3 Å². The van der Waals surface area contributed by atoms with Crippen molar-refractivity contribution in [1.29, 1.82) is 0 Å². The molecule has 0 bridgehead atoms. The molecule has 1 amide bonds. The SMILES string of the molecule is CC(=O)NCc1ccc(C(=O)OCn2nnc3ccccc3c2=O)cc1. The summed E-state index contributed by atoms with van der Waals surface area (Å²) in [7, 11) is 0. The van der Waals surface area contributed by atoms with E-state index in [2.05, 4.69) is 15.6 Å². The number of amides is 1. The van der Waals surface area contributed by atoms with E-state index in [9.17, 15) is 14.4 Å². The summed E-state index contributed by atoms with van der Waals surface area (Å²) in [6.07, 6.45) is 0. The number of hydrogen-bond acceptors (Lipinski definition) is 6. The summed E-state index contributed by atoms with van der Waals surface area (Å²) in [5.74, 6) is -0.714. The molecule has 2 aromatic carbocycles. The Labute approximate surface area is 148 Å². The summed E-state index contributed by atoms with van der Waals surface area (Å²) in [4.78, 5) is 35.3. The number of hydrogen-bond donors (Lipinski definition) is 1. The van der Waals surface area contributed by atoms with Gasteiger partial charge in [-0.3, -0.25) is 9.59 Å². The zero-order chi connectivity index (χ0) is 18.5. The maximum atomic E-state index is 12.3. The second-order valence-electron chi connectivity index (χ2n) is 5.58. The van der Waals surface area contributed by atoms with Crippen LogP contribution in [0.25, 0.3) is 10.9 Å². The van der Waals surface area contributed by atoms with Gasteiger partial charge in [-0.1, -0.05) is 29.5 Å². The molecule has 0 spiro atoms. The van der Waals surface area contributed by atoms with Gasteiger partial charge in [0.25, 0.3) is 5.56 Å². The second-order valence-corrected chi connectivity index (χ2v) is 5.58. The first-order valence-corrected chi connectivity index (χ1v) is 7.87. The topological polar surface area (TPSA) is 103 Å². The molecule has 0 atom stereocenters. The second kappa shape index (κ2) is 7.56. The number of aromatic nitrogens is 3. The van der Waals surface area contributed by atoms with Crippen LogP contribution in [0.2, 0.25) is 0 Å². The van der Waals surface area contributed by atoms with Gasteiger partial charge < -0.3 is 10.1 Å². The first-order valence-electron chi connectivity index (χ1n) is 7.87. The van der Waals surface area contributed by atoms with E-state index in [1.165, 1.54) is 6.92 Å². The average Bonchev–Trinajstić information content (AvgIpc) is 2.66. The Morgan fingerprint density at radius 3 is 2.58 bits per heavy atom. The van der Waals surface area contributed by atoms with Crippen molar-refractivity contribution in [3.63, 3.8) is 0 Å². The fraction of sp³-hybridized carbons (Fsp3) is 0.167. The number of ether oxygens (including phenoxy) is 1. The molecule has 0 radical (unpaired) electrons. The van der Waals surface area contributed by atoms with Crippen LogP contribution in [0, 0.1) is 0 Å². The molecule has 0 saturated carbocycles. The van der Waals surface area contributed by atoms with Crippen LogP contribution in [0.1, 0.15) is 22.8 Å². The zero-order valence-corrected chi connectivity index (χ0v) is 14.0. The Hall–Kier alpha value is -3.55. The minimum atomic E-state index is -0.585. The number of carbonyl (C=O) groups excluding carboxylic acids is 2. The van der Waals surface area contributed by atoms with Gasteiger partial charge in [0.2, 0.25) is 5.91 Å². The molecule has 3 aromatic rings. The number of benzene rings is 2. The summed E-state index contributed by atoms with van der Waals surface area (Å²) in [6.45, 7) is 1.49. The molecule has 0 aliphatic heterocycles. The summed E-state index contributed by atoms with van der Waals surface area (Å²) in [6, 6.07) is 13.4. The normalized spacial score (nSPS) is 10.5. The van der Waals surface area contributed by atoms with E-state index in [1.54, 1.807) is 48.5 Å². The summed E-state index contributed by atoms with van der Waals surface area (Å²) >= 11 is 0.